The van der Waals surface area contributed by atoms with Crippen molar-refractivity contribution in [2.45, 2.75) is 26.4 Å². The minimum atomic E-state index is 0.556. The van der Waals surface area contributed by atoms with Crippen molar-refractivity contribution in [1.29, 1.82) is 0 Å². The molecule has 0 fully saturated rings. The van der Waals surface area contributed by atoms with Gasteiger partial charge in [-0.15, -0.1) is 0 Å². The quantitative estimate of drug-likeness (QED) is 0.573. The first-order chi connectivity index (χ1) is 4.75. The Bertz CT molecular complexity index is 131. The molecule has 58 valence electrons. The second-order valence-corrected chi connectivity index (χ2v) is 2.83. The smallest absolute Gasteiger partial charge is 0.0974 e. The third-order valence-electron chi connectivity index (χ3n) is 2.04. The third-order valence-corrected chi connectivity index (χ3v) is 2.04. The molecular formula is C8H16N2. The molecule has 2 heteroatoms. The highest BCUT2D eigenvalue weighted by Crippen LogP contribution is 2.12. The zero-order valence-electron chi connectivity index (χ0n) is 7.04. The van der Waals surface area contributed by atoms with Crippen molar-refractivity contribution in [3.05, 3.63) is 12.4 Å². The van der Waals surface area contributed by atoms with Crippen molar-refractivity contribution in [3.8, 4) is 0 Å². The number of nitrogens with zero attached hydrogens (tertiary/aromatic N) is 2. The van der Waals surface area contributed by atoms with E-state index >= 15 is 0 Å². The summed E-state index contributed by atoms with van der Waals surface area (Å²) < 4.78 is 0. The summed E-state index contributed by atoms with van der Waals surface area (Å²) in [6.07, 6.45) is 6.07. The van der Waals surface area contributed by atoms with Gasteiger partial charge in [0.2, 0.25) is 0 Å². The molecule has 1 heterocycles. The van der Waals surface area contributed by atoms with Crippen LogP contribution in [-0.4, -0.2) is 29.6 Å². The molecule has 0 spiro atoms. The van der Waals surface area contributed by atoms with Crippen LogP contribution in [0.4, 0.5) is 0 Å². The first kappa shape index (κ1) is 7.45. The molecule has 0 bridgehead atoms. The van der Waals surface area contributed by atoms with Crippen LogP contribution in [0.1, 0.15) is 20.3 Å². The van der Waals surface area contributed by atoms with Crippen molar-refractivity contribution >= 4 is 0 Å². The van der Waals surface area contributed by atoms with Crippen LogP contribution >= 0.6 is 0 Å². The van der Waals surface area contributed by atoms with E-state index in [0.29, 0.717) is 6.17 Å². The van der Waals surface area contributed by atoms with Gasteiger partial charge in [0.25, 0.3) is 0 Å². The maximum Gasteiger partial charge on any atom is 0.0974 e. The fraction of sp³-hybridized carbons (Fsp3) is 0.750. The van der Waals surface area contributed by atoms with Gasteiger partial charge < -0.3 is 9.80 Å². The average molecular weight is 140 g/mol. The van der Waals surface area contributed by atoms with Gasteiger partial charge in [0.1, 0.15) is 0 Å². The molecule has 1 rings (SSSR count). The van der Waals surface area contributed by atoms with Crippen LogP contribution < -0.4 is 0 Å². The number of rotatable bonds is 2. The minimum absolute atomic E-state index is 0.556. The monoisotopic (exact) mass is 140 g/mol. The lowest BCUT2D eigenvalue weighted by Gasteiger charge is -2.26. The van der Waals surface area contributed by atoms with E-state index in [9.17, 15) is 0 Å². The Morgan fingerprint density at radius 3 is 2.50 bits per heavy atom. The summed E-state index contributed by atoms with van der Waals surface area (Å²) in [6, 6.07) is 0. The maximum atomic E-state index is 2.35. The van der Waals surface area contributed by atoms with Crippen LogP contribution in [0.5, 0.6) is 0 Å². The first-order valence-electron chi connectivity index (χ1n) is 3.91. The SMILES string of the molecule is CCCN1C=CN(C)C1C. The summed E-state index contributed by atoms with van der Waals surface area (Å²) in [7, 11) is 2.11. The zero-order valence-corrected chi connectivity index (χ0v) is 7.04. The summed E-state index contributed by atoms with van der Waals surface area (Å²) >= 11 is 0. The molecule has 1 aliphatic heterocycles. The Hall–Kier alpha value is -0.660. The Morgan fingerprint density at radius 2 is 2.10 bits per heavy atom. The zero-order chi connectivity index (χ0) is 7.56. The summed E-state index contributed by atoms with van der Waals surface area (Å²) in [5.41, 5.74) is 0. The van der Waals surface area contributed by atoms with Crippen LogP contribution in [-0.2, 0) is 0 Å². The lowest BCUT2D eigenvalue weighted by atomic mass is 10.4. The van der Waals surface area contributed by atoms with E-state index in [1.165, 1.54) is 13.0 Å². The maximum absolute atomic E-state index is 2.35. The van der Waals surface area contributed by atoms with E-state index in [2.05, 4.69) is 43.1 Å². The van der Waals surface area contributed by atoms with Crippen molar-refractivity contribution in [3.63, 3.8) is 0 Å². The van der Waals surface area contributed by atoms with E-state index in [4.69, 9.17) is 0 Å². The molecule has 1 atom stereocenters. The molecule has 2 nitrogen and oxygen atoms in total. The predicted molar refractivity (Wildman–Crippen MR) is 43.4 cm³/mol. The van der Waals surface area contributed by atoms with Gasteiger partial charge in [-0.05, 0) is 13.3 Å². The van der Waals surface area contributed by atoms with Gasteiger partial charge in [0.05, 0.1) is 6.17 Å². The largest absolute Gasteiger partial charge is 0.359 e. The van der Waals surface area contributed by atoms with Gasteiger partial charge in [-0.25, -0.2) is 0 Å². The molecule has 0 aromatic heterocycles. The first-order valence-corrected chi connectivity index (χ1v) is 3.91. The van der Waals surface area contributed by atoms with Gasteiger partial charge in [-0.2, -0.15) is 0 Å². The predicted octanol–water partition coefficient (Wildman–Crippen LogP) is 1.46. The molecule has 0 N–H and O–H groups in total. The summed E-state index contributed by atoms with van der Waals surface area (Å²) in [4.78, 5) is 4.57. The lowest BCUT2D eigenvalue weighted by Crippen LogP contribution is -2.33. The summed E-state index contributed by atoms with van der Waals surface area (Å²) in [5.74, 6) is 0. The fourth-order valence-electron chi connectivity index (χ4n) is 1.19. The molecule has 0 saturated carbocycles. The molecule has 0 saturated heterocycles. The number of hydrogen-bond acceptors (Lipinski definition) is 2. The van der Waals surface area contributed by atoms with Crippen LogP contribution in [0.15, 0.2) is 12.4 Å². The average Bonchev–Trinajstić information content (AvgIpc) is 2.20. The second kappa shape index (κ2) is 2.95. The minimum Gasteiger partial charge on any atom is -0.359 e. The molecule has 1 unspecified atom stereocenters. The highest BCUT2D eigenvalue weighted by molar-refractivity contribution is 4.93. The van der Waals surface area contributed by atoms with E-state index in [-0.39, 0.29) is 0 Å². The molecule has 1 aliphatic rings. The highest BCUT2D eigenvalue weighted by Gasteiger charge is 2.16. The summed E-state index contributed by atoms with van der Waals surface area (Å²) in [5, 5.41) is 0. The molecule has 0 aromatic rings. The van der Waals surface area contributed by atoms with Gasteiger partial charge in [0.15, 0.2) is 0 Å². The summed E-state index contributed by atoms with van der Waals surface area (Å²) in [6.45, 7) is 5.59. The van der Waals surface area contributed by atoms with E-state index in [1.807, 2.05) is 0 Å². The van der Waals surface area contributed by atoms with Crippen LogP contribution in [0.25, 0.3) is 0 Å². The van der Waals surface area contributed by atoms with Crippen molar-refractivity contribution in [2.24, 2.45) is 0 Å². The Balaban J connectivity index is 2.41. The van der Waals surface area contributed by atoms with E-state index in [1.54, 1.807) is 0 Å². The van der Waals surface area contributed by atoms with E-state index < -0.39 is 0 Å². The van der Waals surface area contributed by atoms with Gasteiger partial charge in [-0.3, -0.25) is 0 Å². The fourth-order valence-corrected chi connectivity index (χ4v) is 1.19. The molecule has 0 radical (unpaired) electrons. The van der Waals surface area contributed by atoms with Crippen molar-refractivity contribution in [1.82, 2.24) is 9.80 Å². The Kier molecular flexibility index (Phi) is 2.20. The Morgan fingerprint density at radius 1 is 1.40 bits per heavy atom. The molecule has 0 aliphatic carbocycles. The van der Waals surface area contributed by atoms with Crippen LogP contribution in [0.2, 0.25) is 0 Å². The number of hydrogen-bond donors (Lipinski definition) is 0. The molecule has 10 heavy (non-hydrogen) atoms. The highest BCUT2D eigenvalue weighted by atomic mass is 15.4. The molecule has 0 aromatic carbocycles. The molecular weight excluding hydrogens is 124 g/mol. The van der Waals surface area contributed by atoms with Gasteiger partial charge in [-0.1, -0.05) is 6.92 Å². The van der Waals surface area contributed by atoms with E-state index in [0.717, 1.165) is 0 Å². The van der Waals surface area contributed by atoms with Gasteiger partial charge in [0, 0.05) is 26.0 Å². The molecule has 0 amide bonds. The van der Waals surface area contributed by atoms with Crippen molar-refractivity contribution < 1.29 is 0 Å². The van der Waals surface area contributed by atoms with Crippen LogP contribution in [0.3, 0.4) is 0 Å². The normalized spacial score (nSPS) is 24.5. The van der Waals surface area contributed by atoms with Crippen LogP contribution in [0, 0.1) is 0 Å². The van der Waals surface area contributed by atoms with Gasteiger partial charge >= 0.3 is 0 Å². The lowest BCUT2D eigenvalue weighted by molar-refractivity contribution is 0.195. The standard InChI is InChI=1S/C8H16N2/c1-4-5-10-7-6-9(3)8(10)2/h6-8H,4-5H2,1-3H3. The second-order valence-electron chi connectivity index (χ2n) is 2.83. The Labute approximate surface area is 63.1 Å². The van der Waals surface area contributed by atoms with Crippen molar-refractivity contribution in [2.75, 3.05) is 13.6 Å². The third kappa shape index (κ3) is 1.25. The topological polar surface area (TPSA) is 6.48 Å².